The average Bonchev–Trinajstić information content (AvgIpc) is 1.71. The van der Waals surface area contributed by atoms with Crippen LogP contribution in [-0.4, -0.2) is 8.07 Å². The van der Waals surface area contributed by atoms with Crippen LogP contribution < -0.4 is 0 Å². The quantitative estimate of drug-likeness (QED) is 0.493. The molecule has 0 aromatic carbocycles. The van der Waals surface area contributed by atoms with E-state index in [1.165, 1.54) is 16.3 Å². The molecule has 0 aliphatic carbocycles. The van der Waals surface area contributed by atoms with Gasteiger partial charge in [-0.05, 0) is 0 Å². The van der Waals surface area contributed by atoms with E-state index in [0.29, 0.717) is 0 Å². The van der Waals surface area contributed by atoms with Crippen molar-refractivity contribution in [2.24, 2.45) is 0 Å². The molecule has 0 aliphatic heterocycles. The maximum absolute atomic E-state index is 3.82. The van der Waals surface area contributed by atoms with E-state index in [-0.39, 0.29) is 0 Å². The number of hydrogen-bond acceptors (Lipinski definition) is 0. The van der Waals surface area contributed by atoms with Gasteiger partial charge in [0, 0.05) is 8.07 Å². The molecule has 0 saturated carbocycles. The molecule has 0 radical (unpaired) electrons. The molecule has 0 amide bonds. The minimum absolute atomic E-state index is 0.742. The van der Waals surface area contributed by atoms with E-state index in [1.54, 1.807) is 0 Å². The molecule has 0 rings (SSSR count). The van der Waals surface area contributed by atoms with Gasteiger partial charge >= 0.3 is 30.0 Å². The Hall–Kier alpha value is 1.32. The van der Waals surface area contributed by atoms with Gasteiger partial charge in [-0.15, -0.1) is 0 Å². The van der Waals surface area contributed by atoms with Gasteiger partial charge in [0.1, 0.15) is 0 Å². The predicted molar refractivity (Wildman–Crippen MR) is 42.4 cm³/mol. The van der Waals surface area contributed by atoms with Crippen LogP contribution in [0.2, 0.25) is 25.7 Å². The standard InChI is InChI=1S/C5H13Si.BrH.Zn/c1-5-6(2,3)4;;/h1,5H2,2-4H3;1H;/q-1;;+2/p-1. The zero-order valence-corrected chi connectivity index (χ0v) is 11.6. The molecule has 46 valence electrons. The second kappa shape index (κ2) is 6.44. The Morgan fingerprint density at radius 3 is 1.50 bits per heavy atom. The first kappa shape index (κ1) is 12.0. The second-order valence-corrected chi connectivity index (χ2v) is 8.43. The van der Waals surface area contributed by atoms with Gasteiger partial charge in [0.15, 0.2) is 0 Å². The molecule has 0 aliphatic rings. The van der Waals surface area contributed by atoms with Crippen molar-refractivity contribution < 1.29 is 16.3 Å². The van der Waals surface area contributed by atoms with Crippen LogP contribution in [0.25, 0.3) is 0 Å². The normalized spacial score (nSPS) is 9.88. The molecule has 0 N–H and O–H groups in total. The van der Waals surface area contributed by atoms with Crippen molar-refractivity contribution in [1.82, 2.24) is 0 Å². The third kappa shape index (κ3) is 15.7. The summed E-state index contributed by atoms with van der Waals surface area (Å²) in [6.07, 6.45) is 0. The summed E-state index contributed by atoms with van der Waals surface area (Å²) in [6, 6.07) is 1.16. The number of rotatable bonds is 1. The van der Waals surface area contributed by atoms with Crippen molar-refractivity contribution in [3.63, 3.8) is 0 Å². The third-order valence-electron chi connectivity index (χ3n) is 0.750. The molecule has 0 nitrogen and oxygen atoms in total. The third-order valence-corrected chi connectivity index (χ3v) is 2.25. The molecule has 0 spiro atoms. The van der Waals surface area contributed by atoms with Crippen molar-refractivity contribution in [2.75, 3.05) is 0 Å². The van der Waals surface area contributed by atoms with Crippen LogP contribution in [0.1, 0.15) is 0 Å². The summed E-state index contributed by atoms with van der Waals surface area (Å²) < 4.78 is 0. The molecule has 0 aromatic rings. The molecular weight excluding hydrogens is 233 g/mol. The maximum atomic E-state index is 3.82. The van der Waals surface area contributed by atoms with Crippen LogP contribution in [-0.2, 0) is 16.3 Å². The van der Waals surface area contributed by atoms with Crippen molar-refractivity contribution in [3.05, 3.63) is 6.92 Å². The average molecular weight is 247 g/mol. The summed E-state index contributed by atoms with van der Waals surface area (Å²) in [5.74, 6) is 0. The van der Waals surface area contributed by atoms with Gasteiger partial charge in [0.05, 0.1) is 0 Å². The Labute approximate surface area is 70.5 Å². The Morgan fingerprint density at radius 1 is 1.38 bits per heavy atom. The summed E-state index contributed by atoms with van der Waals surface area (Å²) in [4.78, 5) is 0. The Morgan fingerprint density at radius 2 is 1.50 bits per heavy atom. The molecule has 0 bridgehead atoms. The Kier molecular flexibility index (Phi) is 9.69. The molecule has 0 unspecified atom stereocenters. The van der Waals surface area contributed by atoms with Crippen LogP contribution in [0.5, 0.6) is 0 Å². The molecule has 0 fully saturated rings. The predicted octanol–water partition coefficient (Wildman–Crippen LogP) is 3.00. The number of halogens is 1. The van der Waals surface area contributed by atoms with Gasteiger partial charge in [0.2, 0.25) is 0 Å². The van der Waals surface area contributed by atoms with Crippen molar-refractivity contribution >= 4 is 21.7 Å². The fraction of sp³-hybridized carbons (Fsp3) is 0.800. The first-order valence-corrected chi connectivity index (χ1v) is 13.3. The van der Waals surface area contributed by atoms with Gasteiger partial charge in [0.25, 0.3) is 0 Å². The molecule has 0 heterocycles. The van der Waals surface area contributed by atoms with Crippen molar-refractivity contribution in [3.8, 4) is 0 Å². The van der Waals surface area contributed by atoms with Crippen molar-refractivity contribution in [2.45, 2.75) is 25.7 Å². The summed E-state index contributed by atoms with van der Waals surface area (Å²) in [6.45, 7) is 10.8. The topological polar surface area (TPSA) is 0 Å². The summed E-state index contributed by atoms with van der Waals surface area (Å²) in [5, 5.41) is 0. The molecule has 8 heavy (non-hydrogen) atoms. The molecule has 0 atom stereocenters. The van der Waals surface area contributed by atoms with Gasteiger partial charge in [-0.25, -0.2) is 0 Å². The zero-order valence-electron chi connectivity index (χ0n) is 6.00. The monoisotopic (exact) mass is 244 g/mol. The zero-order chi connectivity index (χ0) is 7.21. The molecule has 0 aromatic heterocycles. The van der Waals surface area contributed by atoms with E-state index in [1.807, 2.05) is 0 Å². The first-order chi connectivity index (χ1) is 3.56. The second-order valence-electron chi connectivity index (χ2n) is 2.81. The SMILES string of the molecule is [CH2-]C[Si](C)(C)C.[Zn+][Br]. The minimum atomic E-state index is -0.742. The van der Waals surface area contributed by atoms with Crippen LogP contribution in [0.4, 0.5) is 0 Å². The summed E-state index contributed by atoms with van der Waals surface area (Å²) >= 11 is 4.25. The van der Waals surface area contributed by atoms with E-state index in [0.717, 1.165) is 6.04 Å². The van der Waals surface area contributed by atoms with E-state index in [2.05, 4.69) is 40.2 Å². The molecular formula is C5H13BrSiZn. The summed E-state index contributed by atoms with van der Waals surface area (Å²) in [5.41, 5.74) is 0. The van der Waals surface area contributed by atoms with E-state index in [4.69, 9.17) is 0 Å². The fourth-order valence-electron chi connectivity index (χ4n) is 0. The Balaban J connectivity index is 0. The van der Waals surface area contributed by atoms with Gasteiger partial charge in [-0.3, -0.25) is 0 Å². The van der Waals surface area contributed by atoms with Gasteiger partial charge in [-0.1, -0.05) is 19.6 Å². The van der Waals surface area contributed by atoms with Gasteiger partial charge in [-0.2, -0.15) is 6.04 Å². The molecule has 0 saturated heterocycles. The number of hydrogen-bond donors (Lipinski definition) is 0. The van der Waals surface area contributed by atoms with E-state index in [9.17, 15) is 0 Å². The van der Waals surface area contributed by atoms with Crippen LogP contribution in [0.15, 0.2) is 0 Å². The van der Waals surface area contributed by atoms with Crippen LogP contribution in [0.3, 0.4) is 0 Å². The Bertz CT molecular complexity index is 42.2. The fourth-order valence-corrected chi connectivity index (χ4v) is 0. The molecule has 3 heteroatoms. The van der Waals surface area contributed by atoms with Crippen LogP contribution in [0, 0.1) is 6.92 Å². The first-order valence-electron chi connectivity index (χ1n) is 2.62. The van der Waals surface area contributed by atoms with Crippen LogP contribution >= 0.6 is 13.6 Å². The van der Waals surface area contributed by atoms with Crippen molar-refractivity contribution in [1.29, 1.82) is 0 Å². The van der Waals surface area contributed by atoms with E-state index >= 15 is 0 Å². The van der Waals surface area contributed by atoms with Gasteiger partial charge < -0.3 is 6.92 Å². The van der Waals surface area contributed by atoms with E-state index < -0.39 is 8.07 Å². The summed E-state index contributed by atoms with van der Waals surface area (Å²) in [7, 11) is -0.742.